The molecule has 0 saturated heterocycles. The van der Waals surface area contributed by atoms with Crippen LogP contribution in [0.1, 0.15) is 5.56 Å². The Hall–Kier alpha value is -1.33. The number of rotatable bonds is 1. The maximum absolute atomic E-state index is 9.08. The molecule has 1 heterocycles. The van der Waals surface area contributed by atoms with Gasteiger partial charge in [-0.2, -0.15) is 5.10 Å². The first-order valence-electron chi connectivity index (χ1n) is 3.98. The van der Waals surface area contributed by atoms with Gasteiger partial charge in [0.25, 0.3) is 0 Å². The summed E-state index contributed by atoms with van der Waals surface area (Å²) in [4.78, 5) is 0. The van der Waals surface area contributed by atoms with Crippen molar-refractivity contribution in [3.8, 4) is 0 Å². The highest BCUT2D eigenvalue weighted by atomic mass is 16.4. The Kier molecular flexibility index (Phi) is 1.83. The van der Waals surface area contributed by atoms with E-state index in [4.69, 9.17) is 10.0 Å². The van der Waals surface area contributed by atoms with Gasteiger partial charge in [0.15, 0.2) is 0 Å². The fourth-order valence-electron chi connectivity index (χ4n) is 1.44. The minimum Gasteiger partial charge on any atom is -0.423 e. The number of aromatic amines is 1. The molecule has 1 aromatic heterocycles. The highest BCUT2D eigenvalue weighted by molar-refractivity contribution is 6.61. The monoisotopic (exact) mass is 176 g/mol. The van der Waals surface area contributed by atoms with Crippen molar-refractivity contribution in [2.24, 2.45) is 0 Å². The number of nitrogens with one attached hydrogen (secondary N) is 1. The third kappa shape index (κ3) is 1.32. The summed E-state index contributed by atoms with van der Waals surface area (Å²) >= 11 is 0. The molecule has 0 unspecified atom stereocenters. The first-order chi connectivity index (χ1) is 6.18. The van der Waals surface area contributed by atoms with Crippen LogP contribution in [0, 0.1) is 6.92 Å². The summed E-state index contributed by atoms with van der Waals surface area (Å²) in [7, 11) is -1.44. The average Bonchev–Trinajstić information content (AvgIpc) is 2.49. The number of nitrogens with zero attached hydrogens (tertiary/aromatic N) is 1. The molecule has 0 bridgehead atoms. The first-order valence-corrected chi connectivity index (χ1v) is 3.98. The summed E-state index contributed by atoms with van der Waals surface area (Å²) in [6.07, 6.45) is 1.59. The summed E-state index contributed by atoms with van der Waals surface area (Å²) < 4.78 is 0. The van der Waals surface area contributed by atoms with Crippen LogP contribution in [0.4, 0.5) is 0 Å². The van der Waals surface area contributed by atoms with Crippen LogP contribution in [0.5, 0.6) is 0 Å². The van der Waals surface area contributed by atoms with Gasteiger partial charge in [-0.25, -0.2) is 0 Å². The summed E-state index contributed by atoms with van der Waals surface area (Å²) in [5.41, 5.74) is 2.28. The van der Waals surface area contributed by atoms with Crippen LogP contribution in [-0.2, 0) is 0 Å². The fourth-order valence-corrected chi connectivity index (χ4v) is 1.44. The number of H-pyrrole nitrogens is 1. The van der Waals surface area contributed by atoms with E-state index in [0.29, 0.717) is 5.46 Å². The van der Waals surface area contributed by atoms with Gasteiger partial charge >= 0.3 is 7.12 Å². The van der Waals surface area contributed by atoms with Gasteiger partial charge in [0, 0.05) is 5.39 Å². The van der Waals surface area contributed by atoms with Gasteiger partial charge in [0.2, 0.25) is 0 Å². The van der Waals surface area contributed by atoms with E-state index in [1.54, 1.807) is 12.3 Å². The van der Waals surface area contributed by atoms with E-state index in [-0.39, 0.29) is 0 Å². The van der Waals surface area contributed by atoms with Crippen molar-refractivity contribution in [3.05, 3.63) is 23.9 Å². The average molecular weight is 176 g/mol. The molecule has 0 atom stereocenters. The van der Waals surface area contributed by atoms with Gasteiger partial charge in [-0.15, -0.1) is 0 Å². The lowest BCUT2D eigenvalue weighted by Gasteiger charge is -2.02. The van der Waals surface area contributed by atoms with Crippen LogP contribution in [0.15, 0.2) is 18.3 Å². The van der Waals surface area contributed by atoms with E-state index >= 15 is 0 Å². The molecule has 2 aromatic rings. The van der Waals surface area contributed by atoms with E-state index in [2.05, 4.69) is 10.2 Å². The van der Waals surface area contributed by atoms with E-state index in [0.717, 1.165) is 16.5 Å². The molecular formula is C8H9BN2O2. The van der Waals surface area contributed by atoms with Crippen LogP contribution in [0.25, 0.3) is 10.9 Å². The molecular weight excluding hydrogens is 167 g/mol. The van der Waals surface area contributed by atoms with Crippen molar-refractivity contribution in [3.63, 3.8) is 0 Å². The molecule has 0 radical (unpaired) electrons. The Balaban J connectivity index is 2.77. The molecule has 4 nitrogen and oxygen atoms in total. The van der Waals surface area contributed by atoms with Crippen molar-refractivity contribution in [1.29, 1.82) is 0 Å². The standard InChI is InChI=1S/C8H9BN2O2/c1-5-2-7(9(12)13)6-4-10-11-8(6)3-5/h2-4,12-13H,1H3,(H,10,11). The molecule has 2 rings (SSSR count). The Bertz CT molecular complexity index is 439. The molecule has 0 saturated carbocycles. The van der Waals surface area contributed by atoms with E-state index in [1.807, 2.05) is 13.0 Å². The van der Waals surface area contributed by atoms with Gasteiger partial charge < -0.3 is 10.0 Å². The zero-order chi connectivity index (χ0) is 9.42. The van der Waals surface area contributed by atoms with Crippen LogP contribution >= 0.6 is 0 Å². The van der Waals surface area contributed by atoms with Gasteiger partial charge in [-0.3, -0.25) is 5.10 Å². The fraction of sp³-hybridized carbons (Fsp3) is 0.125. The lowest BCUT2D eigenvalue weighted by Crippen LogP contribution is -2.30. The Morgan fingerprint density at radius 3 is 2.85 bits per heavy atom. The van der Waals surface area contributed by atoms with Crippen LogP contribution in [-0.4, -0.2) is 27.4 Å². The van der Waals surface area contributed by atoms with Crippen molar-refractivity contribution in [2.75, 3.05) is 0 Å². The highest BCUT2D eigenvalue weighted by Crippen LogP contribution is 2.10. The number of benzene rings is 1. The minimum atomic E-state index is -1.44. The second kappa shape index (κ2) is 2.87. The SMILES string of the molecule is Cc1cc(B(O)O)c2cn[nH]c2c1. The molecule has 0 amide bonds. The van der Waals surface area contributed by atoms with Crippen LogP contribution in [0.2, 0.25) is 0 Å². The molecule has 0 aliphatic carbocycles. The normalized spacial score (nSPS) is 10.7. The van der Waals surface area contributed by atoms with Gasteiger partial charge in [-0.1, -0.05) is 6.07 Å². The minimum absolute atomic E-state index is 0.490. The van der Waals surface area contributed by atoms with Crippen LogP contribution in [0.3, 0.4) is 0 Å². The van der Waals surface area contributed by atoms with Crippen molar-refractivity contribution >= 4 is 23.5 Å². The molecule has 3 N–H and O–H groups in total. The molecule has 66 valence electrons. The molecule has 1 aromatic carbocycles. The zero-order valence-electron chi connectivity index (χ0n) is 7.15. The number of fused-ring (bicyclic) bond motifs is 1. The number of aryl methyl sites for hydroxylation is 1. The summed E-state index contributed by atoms with van der Waals surface area (Å²) in [5, 5.41) is 25.5. The Morgan fingerprint density at radius 1 is 1.38 bits per heavy atom. The second-order valence-electron chi connectivity index (χ2n) is 3.06. The number of hydrogen-bond acceptors (Lipinski definition) is 3. The second-order valence-corrected chi connectivity index (χ2v) is 3.06. The van der Waals surface area contributed by atoms with E-state index in [9.17, 15) is 0 Å². The molecule has 13 heavy (non-hydrogen) atoms. The molecule has 0 fully saturated rings. The Labute approximate surface area is 75.4 Å². The predicted octanol–water partition coefficient (Wildman–Crippen LogP) is -0.449. The summed E-state index contributed by atoms with van der Waals surface area (Å²) in [6.45, 7) is 1.90. The highest BCUT2D eigenvalue weighted by Gasteiger charge is 2.15. The lowest BCUT2D eigenvalue weighted by atomic mass is 9.77. The predicted molar refractivity (Wildman–Crippen MR) is 50.7 cm³/mol. The molecule has 0 spiro atoms. The zero-order valence-corrected chi connectivity index (χ0v) is 7.15. The van der Waals surface area contributed by atoms with Gasteiger partial charge in [0.1, 0.15) is 0 Å². The van der Waals surface area contributed by atoms with Gasteiger partial charge in [0.05, 0.1) is 11.7 Å². The first kappa shape index (κ1) is 8.28. The summed E-state index contributed by atoms with van der Waals surface area (Å²) in [5.74, 6) is 0. The van der Waals surface area contributed by atoms with Crippen molar-refractivity contribution in [2.45, 2.75) is 6.92 Å². The van der Waals surface area contributed by atoms with E-state index < -0.39 is 7.12 Å². The van der Waals surface area contributed by atoms with E-state index in [1.165, 1.54) is 0 Å². The van der Waals surface area contributed by atoms with Crippen molar-refractivity contribution < 1.29 is 10.0 Å². The lowest BCUT2D eigenvalue weighted by molar-refractivity contribution is 0.426. The van der Waals surface area contributed by atoms with Gasteiger partial charge in [-0.05, 0) is 24.0 Å². The summed E-state index contributed by atoms with van der Waals surface area (Å²) in [6, 6.07) is 3.65. The molecule has 0 aliphatic rings. The van der Waals surface area contributed by atoms with Crippen LogP contribution < -0.4 is 5.46 Å². The molecule has 5 heteroatoms. The number of hydrogen-bond donors (Lipinski definition) is 3. The topological polar surface area (TPSA) is 69.1 Å². The maximum Gasteiger partial charge on any atom is 0.489 e. The Morgan fingerprint density at radius 2 is 2.15 bits per heavy atom. The maximum atomic E-state index is 9.08. The number of aromatic nitrogens is 2. The molecule has 0 aliphatic heterocycles. The van der Waals surface area contributed by atoms with Crippen molar-refractivity contribution in [1.82, 2.24) is 10.2 Å². The quantitative estimate of drug-likeness (QED) is 0.515. The third-order valence-electron chi connectivity index (χ3n) is 2.01. The smallest absolute Gasteiger partial charge is 0.423 e. The third-order valence-corrected chi connectivity index (χ3v) is 2.01. The largest absolute Gasteiger partial charge is 0.489 e.